The van der Waals surface area contributed by atoms with Crippen LogP contribution in [-0.2, 0) is 17.8 Å². The minimum absolute atomic E-state index is 0.130. The molecule has 4 nitrogen and oxygen atoms in total. The Morgan fingerprint density at radius 3 is 2.35 bits per heavy atom. The molecule has 1 amide bonds. The first-order valence-corrected chi connectivity index (χ1v) is 7.48. The van der Waals surface area contributed by atoms with Gasteiger partial charge >= 0.3 is 0 Å². The molecule has 2 aromatic rings. The summed E-state index contributed by atoms with van der Waals surface area (Å²) in [5.41, 5.74) is 1.73. The molecule has 0 spiro atoms. The van der Waals surface area contributed by atoms with Gasteiger partial charge in [-0.3, -0.25) is 4.79 Å². The zero-order valence-electron chi connectivity index (χ0n) is 12.7. The van der Waals surface area contributed by atoms with Gasteiger partial charge in [0, 0.05) is 6.54 Å². The minimum atomic E-state index is -1.96. The summed E-state index contributed by atoms with van der Waals surface area (Å²) in [6.45, 7) is 0.227. The Bertz CT molecular complexity index is 616. The van der Waals surface area contributed by atoms with Crippen molar-refractivity contribution in [2.45, 2.75) is 31.7 Å². The molecule has 5 heteroatoms. The number of rotatable bonds is 7. The van der Waals surface area contributed by atoms with E-state index in [4.69, 9.17) is 0 Å². The van der Waals surface area contributed by atoms with Crippen LogP contribution in [0.25, 0.3) is 0 Å². The fourth-order valence-corrected chi connectivity index (χ4v) is 2.18. The standard InChI is InChI=1S/C18H20FNO3/c19-17(18(23)20-12-14-4-2-1-3-5-14)16(22)11-8-13-6-9-15(21)10-7-13/h1-7,9-10,16-17,21-22H,8,11-12H2,(H,20,23). The van der Waals surface area contributed by atoms with Crippen molar-refractivity contribution in [2.75, 3.05) is 0 Å². The first-order chi connectivity index (χ1) is 11.1. The van der Waals surface area contributed by atoms with Crippen LogP contribution in [0, 0.1) is 0 Å². The van der Waals surface area contributed by atoms with Gasteiger partial charge in [0.2, 0.25) is 6.17 Å². The maximum absolute atomic E-state index is 14.0. The zero-order valence-corrected chi connectivity index (χ0v) is 12.7. The van der Waals surface area contributed by atoms with Gasteiger partial charge in [0.15, 0.2) is 0 Å². The number of phenolic OH excluding ortho intramolecular Hbond substituents is 1. The molecule has 0 radical (unpaired) electrons. The lowest BCUT2D eigenvalue weighted by Gasteiger charge is -2.15. The molecule has 0 aliphatic rings. The van der Waals surface area contributed by atoms with Crippen LogP contribution in [0.15, 0.2) is 54.6 Å². The Morgan fingerprint density at radius 2 is 1.70 bits per heavy atom. The van der Waals surface area contributed by atoms with E-state index in [9.17, 15) is 19.4 Å². The van der Waals surface area contributed by atoms with Crippen LogP contribution in [0.5, 0.6) is 5.75 Å². The van der Waals surface area contributed by atoms with Gasteiger partial charge in [0.25, 0.3) is 5.91 Å². The highest BCUT2D eigenvalue weighted by molar-refractivity contribution is 5.81. The van der Waals surface area contributed by atoms with E-state index < -0.39 is 18.2 Å². The van der Waals surface area contributed by atoms with Gasteiger partial charge in [-0.25, -0.2) is 4.39 Å². The van der Waals surface area contributed by atoms with Crippen molar-refractivity contribution in [3.63, 3.8) is 0 Å². The van der Waals surface area contributed by atoms with Crippen LogP contribution in [0.1, 0.15) is 17.5 Å². The van der Waals surface area contributed by atoms with Crippen LogP contribution in [0.4, 0.5) is 4.39 Å². The number of aliphatic hydroxyl groups is 1. The second kappa shape index (κ2) is 8.29. The molecular weight excluding hydrogens is 297 g/mol. The monoisotopic (exact) mass is 317 g/mol. The van der Waals surface area contributed by atoms with E-state index in [2.05, 4.69) is 5.32 Å². The summed E-state index contributed by atoms with van der Waals surface area (Å²) in [6, 6.07) is 15.6. The highest BCUT2D eigenvalue weighted by Crippen LogP contribution is 2.14. The zero-order chi connectivity index (χ0) is 16.7. The second-order valence-electron chi connectivity index (χ2n) is 5.38. The lowest BCUT2D eigenvalue weighted by atomic mass is 10.0. The Hall–Kier alpha value is -2.40. The molecular formula is C18H20FNO3. The van der Waals surface area contributed by atoms with E-state index in [1.807, 2.05) is 30.3 Å². The number of aromatic hydroxyl groups is 1. The molecule has 0 bridgehead atoms. The number of aliphatic hydroxyl groups excluding tert-OH is 1. The first kappa shape index (κ1) is 17.0. The number of hydrogen-bond donors (Lipinski definition) is 3. The number of carbonyl (C=O) groups excluding carboxylic acids is 1. The molecule has 0 heterocycles. The normalized spacial score (nSPS) is 13.3. The molecule has 2 unspecified atom stereocenters. The third-order valence-electron chi connectivity index (χ3n) is 3.56. The maximum atomic E-state index is 14.0. The van der Waals surface area contributed by atoms with E-state index in [0.717, 1.165) is 11.1 Å². The smallest absolute Gasteiger partial charge is 0.257 e. The number of phenols is 1. The van der Waals surface area contributed by atoms with Crippen molar-refractivity contribution < 1.29 is 19.4 Å². The van der Waals surface area contributed by atoms with Gasteiger partial charge in [0.1, 0.15) is 5.75 Å². The van der Waals surface area contributed by atoms with Crippen LogP contribution >= 0.6 is 0 Å². The Balaban J connectivity index is 1.77. The van der Waals surface area contributed by atoms with Gasteiger partial charge < -0.3 is 15.5 Å². The molecule has 0 saturated heterocycles. The SMILES string of the molecule is O=C(NCc1ccccc1)C(F)C(O)CCc1ccc(O)cc1. The highest BCUT2D eigenvalue weighted by atomic mass is 19.1. The summed E-state index contributed by atoms with van der Waals surface area (Å²) in [4.78, 5) is 11.7. The van der Waals surface area contributed by atoms with Crippen molar-refractivity contribution in [1.29, 1.82) is 0 Å². The van der Waals surface area contributed by atoms with Crippen molar-refractivity contribution in [1.82, 2.24) is 5.32 Å². The van der Waals surface area contributed by atoms with Crippen LogP contribution in [0.3, 0.4) is 0 Å². The predicted octanol–water partition coefficient (Wildman–Crippen LogP) is 2.34. The highest BCUT2D eigenvalue weighted by Gasteiger charge is 2.25. The number of aryl methyl sites for hydroxylation is 1. The number of benzene rings is 2. The number of alkyl halides is 1. The summed E-state index contributed by atoms with van der Waals surface area (Å²) >= 11 is 0. The Labute approximate surface area is 134 Å². The number of hydrogen-bond acceptors (Lipinski definition) is 3. The molecule has 2 rings (SSSR count). The largest absolute Gasteiger partial charge is 0.508 e. The average molecular weight is 317 g/mol. The third-order valence-corrected chi connectivity index (χ3v) is 3.56. The molecule has 2 aromatic carbocycles. The van der Waals surface area contributed by atoms with E-state index in [0.29, 0.717) is 6.42 Å². The van der Waals surface area contributed by atoms with Crippen LogP contribution in [-0.4, -0.2) is 28.4 Å². The molecule has 122 valence electrons. The first-order valence-electron chi connectivity index (χ1n) is 7.48. The van der Waals surface area contributed by atoms with Crippen molar-refractivity contribution in [3.05, 3.63) is 65.7 Å². The molecule has 0 aromatic heterocycles. The summed E-state index contributed by atoms with van der Waals surface area (Å²) in [7, 11) is 0. The molecule has 0 aliphatic heterocycles. The van der Waals surface area contributed by atoms with Gasteiger partial charge in [-0.1, -0.05) is 42.5 Å². The van der Waals surface area contributed by atoms with E-state index >= 15 is 0 Å². The van der Waals surface area contributed by atoms with Gasteiger partial charge in [-0.2, -0.15) is 0 Å². The maximum Gasteiger partial charge on any atom is 0.257 e. The average Bonchev–Trinajstić information content (AvgIpc) is 2.59. The molecule has 3 N–H and O–H groups in total. The molecule has 0 saturated carbocycles. The minimum Gasteiger partial charge on any atom is -0.508 e. The molecule has 2 atom stereocenters. The number of nitrogens with one attached hydrogen (secondary N) is 1. The molecule has 0 aliphatic carbocycles. The van der Waals surface area contributed by atoms with Gasteiger partial charge in [0.05, 0.1) is 6.10 Å². The lowest BCUT2D eigenvalue weighted by molar-refractivity contribution is -0.130. The lowest BCUT2D eigenvalue weighted by Crippen LogP contribution is -2.39. The van der Waals surface area contributed by atoms with Crippen molar-refractivity contribution >= 4 is 5.91 Å². The van der Waals surface area contributed by atoms with Gasteiger partial charge in [-0.15, -0.1) is 0 Å². The summed E-state index contributed by atoms with van der Waals surface area (Å²) < 4.78 is 14.0. The predicted molar refractivity (Wildman–Crippen MR) is 85.6 cm³/mol. The second-order valence-corrected chi connectivity index (χ2v) is 5.38. The number of halogens is 1. The van der Waals surface area contributed by atoms with Gasteiger partial charge in [-0.05, 0) is 36.1 Å². The van der Waals surface area contributed by atoms with Crippen LogP contribution in [0.2, 0.25) is 0 Å². The van der Waals surface area contributed by atoms with Crippen LogP contribution < -0.4 is 5.32 Å². The molecule has 23 heavy (non-hydrogen) atoms. The number of carbonyl (C=O) groups is 1. The Kier molecular flexibility index (Phi) is 6.11. The van der Waals surface area contributed by atoms with Crippen molar-refractivity contribution in [2.24, 2.45) is 0 Å². The topological polar surface area (TPSA) is 69.6 Å². The Morgan fingerprint density at radius 1 is 1.04 bits per heavy atom. The van der Waals surface area contributed by atoms with Crippen molar-refractivity contribution in [3.8, 4) is 5.75 Å². The molecule has 0 fully saturated rings. The van der Waals surface area contributed by atoms with E-state index in [1.54, 1.807) is 12.1 Å². The van der Waals surface area contributed by atoms with E-state index in [1.165, 1.54) is 12.1 Å². The fourth-order valence-electron chi connectivity index (χ4n) is 2.18. The fraction of sp³-hybridized carbons (Fsp3) is 0.278. The van der Waals surface area contributed by atoms with E-state index in [-0.39, 0.29) is 18.7 Å². The summed E-state index contributed by atoms with van der Waals surface area (Å²) in [6.07, 6.45) is -2.77. The summed E-state index contributed by atoms with van der Waals surface area (Å²) in [5, 5.41) is 21.5. The quantitative estimate of drug-likeness (QED) is 0.734. The summed E-state index contributed by atoms with van der Waals surface area (Å²) in [5.74, 6) is -0.662. The number of amides is 1. The third kappa shape index (κ3) is 5.38.